The number of aliphatic carboxylic acids is 1. The SMILES string of the molecule is NC1CCCCC1C(=O)NC1CCCC1C(=O)O. The summed E-state index contributed by atoms with van der Waals surface area (Å²) in [5.41, 5.74) is 5.97. The smallest absolute Gasteiger partial charge is 0.308 e. The van der Waals surface area contributed by atoms with Crippen LogP contribution in [-0.4, -0.2) is 29.1 Å². The van der Waals surface area contributed by atoms with Crippen molar-refractivity contribution in [3.8, 4) is 0 Å². The standard InChI is InChI=1S/C13H22N2O3/c14-10-6-2-1-4-8(10)12(16)15-11-7-3-5-9(11)13(17)18/h8-11H,1-7,14H2,(H,15,16)(H,17,18). The van der Waals surface area contributed by atoms with Crippen molar-refractivity contribution in [2.24, 2.45) is 17.6 Å². The number of nitrogens with two attached hydrogens (primary N) is 1. The first kappa shape index (κ1) is 13.3. The molecule has 5 heteroatoms. The number of carboxylic acid groups (broad SMARTS) is 1. The minimum Gasteiger partial charge on any atom is -0.481 e. The number of amides is 1. The highest BCUT2D eigenvalue weighted by Gasteiger charge is 2.36. The maximum Gasteiger partial charge on any atom is 0.308 e. The van der Waals surface area contributed by atoms with Crippen LogP contribution in [0.4, 0.5) is 0 Å². The Morgan fingerprint density at radius 2 is 1.67 bits per heavy atom. The molecule has 0 aromatic heterocycles. The minimum atomic E-state index is -0.800. The highest BCUT2D eigenvalue weighted by Crippen LogP contribution is 2.28. The zero-order chi connectivity index (χ0) is 13.1. The summed E-state index contributed by atoms with van der Waals surface area (Å²) in [5.74, 6) is -1.39. The predicted molar refractivity (Wildman–Crippen MR) is 66.8 cm³/mol. The molecule has 4 N–H and O–H groups in total. The highest BCUT2D eigenvalue weighted by atomic mass is 16.4. The Balaban J connectivity index is 1.92. The van der Waals surface area contributed by atoms with E-state index in [0.717, 1.165) is 38.5 Å². The monoisotopic (exact) mass is 254 g/mol. The van der Waals surface area contributed by atoms with Gasteiger partial charge in [0.2, 0.25) is 5.91 Å². The van der Waals surface area contributed by atoms with Gasteiger partial charge in [0.25, 0.3) is 0 Å². The van der Waals surface area contributed by atoms with Crippen molar-refractivity contribution in [2.45, 2.75) is 57.0 Å². The van der Waals surface area contributed by atoms with Gasteiger partial charge in [0.1, 0.15) is 0 Å². The van der Waals surface area contributed by atoms with Crippen LogP contribution in [0, 0.1) is 11.8 Å². The van der Waals surface area contributed by atoms with E-state index in [9.17, 15) is 9.59 Å². The fourth-order valence-electron chi connectivity index (χ4n) is 3.20. The van der Waals surface area contributed by atoms with Crippen LogP contribution in [0.1, 0.15) is 44.9 Å². The molecule has 0 aliphatic heterocycles. The largest absolute Gasteiger partial charge is 0.481 e. The van der Waals surface area contributed by atoms with Gasteiger partial charge in [0.15, 0.2) is 0 Å². The van der Waals surface area contributed by atoms with Gasteiger partial charge in [-0.25, -0.2) is 0 Å². The van der Waals surface area contributed by atoms with E-state index in [-0.39, 0.29) is 23.9 Å². The van der Waals surface area contributed by atoms with Crippen molar-refractivity contribution in [2.75, 3.05) is 0 Å². The van der Waals surface area contributed by atoms with Gasteiger partial charge in [0, 0.05) is 12.1 Å². The summed E-state index contributed by atoms with van der Waals surface area (Å²) in [4.78, 5) is 23.2. The first-order chi connectivity index (χ1) is 8.59. The zero-order valence-corrected chi connectivity index (χ0v) is 10.6. The summed E-state index contributed by atoms with van der Waals surface area (Å²) in [5, 5.41) is 12.0. The summed E-state index contributed by atoms with van der Waals surface area (Å²) >= 11 is 0. The number of rotatable bonds is 3. The summed E-state index contributed by atoms with van der Waals surface area (Å²) in [6.07, 6.45) is 6.16. The highest BCUT2D eigenvalue weighted by molar-refractivity contribution is 5.81. The molecular formula is C13H22N2O3. The third-order valence-corrected chi connectivity index (χ3v) is 4.32. The van der Waals surface area contributed by atoms with E-state index in [1.807, 2.05) is 0 Å². The molecule has 0 saturated heterocycles. The molecule has 0 aromatic carbocycles. The number of nitrogens with one attached hydrogen (secondary N) is 1. The topological polar surface area (TPSA) is 92.4 Å². The van der Waals surface area contributed by atoms with Gasteiger partial charge < -0.3 is 16.2 Å². The summed E-state index contributed by atoms with van der Waals surface area (Å²) in [6, 6.07) is -0.271. The third-order valence-electron chi connectivity index (χ3n) is 4.32. The molecule has 2 fully saturated rings. The quantitative estimate of drug-likeness (QED) is 0.697. The molecule has 102 valence electrons. The van der Waals surface area contributed by atoms with Crippen LogP contribution in [0.2, 0.25) is 0 Å². The van der Waals surface area contributed by atoms with E-state index in [4.69, 9.17) is 10.8 Å². The average Bonchev–Trinajstić information content (AvgIpc) is 2.77. The molecule has 0 spiro atoms. The van der Waals surface area contributed by atoms with Crippen molar-refractivity contribution in [3.05, 3.63) is 0 Å². The van der Waals surface area contributed by atoms with Crippen LogP contribution in [0.25, 0.3) is 0 Å². The van der Waals surface area contributed by atoms with Gasteiger partial charge in [-0.2, -0.15) is 0 Å². The molecule has 2 aliphatic carbocycles. The number of carbonyl (C=O) groups is 2. The first-order valence-electron chi connectivity index (χ1n) is 6.88. The lowest BCUT2D eigenvalue weighted by Crippen LogP contribution is -2.48. The maximum absolute atomic E-state index is 12.1. The van der Waals surface area contributed by atoms with Crippen molar-refractivity contribution in [3.63, 3.8) is 0 Å². The number of hydrogen-bond acceptors (Lipinski definition) is 3. The molecule has 0 aromatic rings. The van der Waals surface area contributed by atoms with Gasteiger partial charge >= 0.3 is 5.97 Å². The van der Waals surface area contributed by atoms with Crippen molar-refractivity contribution in [1.82, 2.24) is 5.32 Å². The van der Waals surface area contributed by atoms with Crippen LogP contribution >= 0.6 is 0 Å². The Morgan fingerprint density at radius 1 is 1.00 bits per heavy atom. The fourth-order valence-corrected chi connectivity index (χ4v) is 3.20. The van der Waals surface area contributed by atoms with Crippen molar-refractivity contribution < 1.29 is 14.7 Å². The van der Waals surface area contributed by atoms with E-state index in [0.29, 0.717) is 6.42 Å². The van der Waals surface area contributed by atoms with Gasteiger partial charge in [0.05, 0.1) is 11.8 Å². The van der Waals surface area contributed by atoms with E-state index in [2.05, 4.69) is 5.32 Å². The second kappa shape index (κ2) is 5.69. The molecule has 0 heterocycles. The second-order valence-electron chi connectivity index (χ2n) is 5.55. The lowest BCUT2D eigenvalue weighted by molar-refractivity contribution is -0.142. The predicted octanol–water partition coefficient (Wildman–Crippen LogP) is 0.873. The molecule has 2 rings (SSSR count). The molecule has 5 nitrogen and oxygen atoms in total. The summed E-state index contributed by atoms with van der Waals surface area (Å²) < 4.78 is 0. The average molecular weight is 254 g/mol. The van der Waals surface area contributed by atoms with Gasteiger partial charge in [-0.05, 0) is 25.7 Å². The molecular weight excluding hydrogens is 232 g/mol. The Bertz CT molecular complexity index is 332. The van der Waals surface area contributed by atoms with Crippen molar-refractivity contribution in [1.29, 1.82) is 0 Å². The molecule has 0 bridgehead atoms. The molecule has 18 heavy (non-hydrogen) atoms. The van der Waals surface area contributed by atoms with E-state index >= 15 is 0 Å². The molecule has 4 unspecified atom stereocenters. The fraction of sp³-hybridized carbons (Fsp3) is 0.846. The molecule has 2 saturated carbocycles. The molecule has 2 aliphatic rings. The van der Waals surface area contributed by atoms with Crippen LogP contribution in [0.5, 0.6) is 0 Å². The van der Waals surface area contributed by atoms with Crippen LogP contribution in [-0.2, 0) is 9.59 Å². The lowest BCUT2D eigenvalue weighted by Gasteiger charge is -2.29. The van der Waals surface area contributed by atoms with Crippen LogP contribution in [0.3, 0.4) is 0 Å². The Hall–Kier alpha value is -1.10. The normalized spacial score (nSPS) is 36.3. The molecule has 4 atom stereocenters. The lowest BCUT2D eigenvalue weighted by atomic mass is 9.84. The Labute approximate surface area is 107 Å². The Morgan fingerprint density at radius 3 is 2.33 bits per heavy atom. The Kier molecular flexibility index (Phi) is 4.22. The van der Waals surface area contributed by atoms with Crippen LogP contribution < -0.4 is 11.1 Å². The third kappa shape index (κ3) is 2.83. The molecule has 1 amide bonds. The summed E-state index contributed by atoms with van der Waals surface area (Å²) in [7, 11) is 0. The zero-order valence-electron chi connectivity index (χ0n) is 10.6. The number of hydrogen-bond donors (Lipinski definition) is 3. The number of carbonyl (C=O) groups excluding carboxylic acids is 1. The van der Waals surface area contributed by atoms with E-state index < -0.39 is 11.9 Å². The maximum atomic E-state index is 12.1. The van der Waals surface area contributed by atoms with E-state index in [1.165, 1.54) is 0 Å². The second-order valence-corrected chi connectivity index (χ2v) is 5.55. The van der Waals surface area contributed by atoms with Gasteiger partial charge in [-0.1, -0.05) is 19.3 Å². The van der Waals surface area contributed by atoms with Crippen LogP contribution in [0.15, 0.2) is 0 Å². The van der Waals surface area contributed by atoms with E-state index in [1.54, 1.807) is 0 Å². The number of carboxylic acids is 1. The molecule has 0 radical (unpaired) electrons. The van der Waals surface area contributed by atoms with Gasteiger partial charge in [-0.15, -0.1) is 0 Å². The van der Waals surface area contributed by atoms with Crippen molar-refractivity contribution >= 4 is 11.9 Å². The van der Waals surface area contributed by atoms with Gasteiger partial charge in [-0.3, -0.25) is 9.59 Å². The first-order valence-corrected chi connectivity index (χ1v) is 6.88. The minimum absolute atomic E-state index is 0.0413. The summed E-state index contributed by atoms with van der Waals surface area (Å²) in [6.45, 7) is 0.